The summed E-state index contributed by atoms with van der Waals surface area (Å²) in [5, 5.41) is 4.52. The van der Waals surface area contributed by atoms with Gasteiger partial charge >= 0.3 is 42.1 Å². The van der Waals surface area contributed by atoms with E-state index < -0.39 is 71.2 Å². The number of rotatable bonds is 11. The molecule has 0 spiro atoms. The van der Waals surface area contributed by atoms with E-state index in [0.29, 0.717) is 12.1 Å². The van der Waals surface area contributed by atoms with Gasteiger partial charge in [0, 0.05) is 17.9 Å². The van der Waals surface area contributed by atoms with E-state index in [2.05, 4.69) is 15.4 Å². The number of hydrogen-bond acceptors (Lipinski definition) is 5. The van der Waals surface area contributed by atoms with Crippen molar-refractivity contribution < 1.29 is 72.1 Å². The molecule has 0 aromatic heterocycles. The number of ether oxygens (including phenoxy) is 3. The summed E-state index contributed by atoms with van der Waals surface area (Å²) in [6.45, 7) is -0.461. The minimum Gasteiger partial charge on any atom is -0.448 e. The van der Waals surface area contributed by atoms with E-state index in [-0.39, 0.29) is 18.9 Å². The first-order valence-electron chi connectivity index (χ1n) is 17.6. The lowest BCUT2D eigenvalue weighted by Gasteiger charge is -2.32. The zero-order valence-corrected chi connectivity index (χ0v) is 30.2. The minimum atomic E-state index is -7.53. The molecule has 0 unspecified atom stereocenters. The lowest BCUT2D eigenvalue weighted by Crippen LogP contribution is -2.61. The van der Waals surface area contributed by atoms with Crippen molar-refractivity contribution in [3.63, 3.8) is 0 Å². The Labute approximate surface area is 332 Å². The van der Waals surface area contributed by atoms with Gasteiger partial charge in [-0.25, -0.2) is 9.59 Å². The SMILES string of the molecule is O=C(Nc1ccc(OC(F)=C(F)C(F)(F)C(F)(F)C(F)(F)C(F)(F)F)cc1NC(=O)OCC1c2ccccc2-c2ccccc21)OCC1c2ccccc2-c2ccccc21. The molecule has 18 heteroatoms. The Morgan fingerprint density at radius 3 is 1.30 bits per heavy atom. The second kappa shape index (κ2) is 15.5. The summed E-state index contributed by atoms with van der Waals surface area (Å²) in [5.74, 6) is -28.2. The van der Waals surface area contributed by atoms with Gasteiger partial charge in [-0.1, -0.05) is 97.1 Å². The highest BCUT2D eigenvalue weighted by Gasteiger charge is 2.83. The van der Waals surface area contributed by atoms with E-state index in [0.717, 1.165) is 50.6 Å². The van der Waals surface area contributed by atoms with Gasteiger partial charge in [0.1, 0.15) is 19.0 Å². The van der Waals surface area contributed by atoms with Crippen molar-refractivity contribution in [3.8, 4) is 28.0 Å². The third-order valence-electron chi connectivity index (χ3n) is 9.95. The number of amides is 2. The molecule has 2 aliphatic rings. The van der Waals surface area contributed by atoms with Crippen molar-refractivity contribution in [2.24, 2.45) is 0 Å². The quantitative estimate of drug-likeness (QED) is 0.102. The first-order valence-corrected chi connectivity index (χ1v) is 17.6. The minimum absolute atomic E-state index is 0.197. The fraction of sp³-hybridized carbons (Fsp3) is 0.190. The van der Waals surface area contributed by atoms with Gasteiger partial charge < -0.3 is 14.2 Å². The third kappa shape index (κ3) is 7.34. The van der Waals surface area contributed by atoms with E-state index in [4.69, 9.17) is 9.47 Å². The van der Waals surface area contributed by atoms with Crippen LogP contribution < -0.4 is 15.4 Å². The summed E-state index contributed by atoms with van der Waals surface area (Å²) in [5.41, 5.74) is 6.02. The van der Waals surface area contributed by atoms with Crippen LogP contribution in [0.5, 0.6) is 5.75 Å². The summed E-state index contributed by atoms with van der Waals surface area (Å²) in [4.78, 5) is 26.4. The maximum atomic E-state index is 14.6. The first-order chi connectivity index (χ1) is 28.3. The summed E-state index contributed by atoms with van der Waals surface area (Å²) in [6.07, 6.45) is -9.65. The summed E-state index contributed by atoms with van der Waals surface area (Å²) < 4.78 is 165. The molecule has 7 nitrogen and oxygen atoms in total. The molecule has 0 fully saturated rings. The number of hydrogen-bond donors (Lipinski definition) is 2. The van der Waals surface area contributed by atoms with Crippen LogP contribution in [0.15, 0.2) is 127 Å². The normalized spacial score (nSPS) is 14.3. The smallest absolute Gasteiger partial charge is 0.448 e. The van der Waals surface area contributed by atoms with Crippen molar-refractivity contribution in [1.29, 1.82) is 0 Å². The van der Waals surface area contributed by atoms with Gasteiger partial charge in [-0.2, -0.15) is 48.3 Å². The van der Waals surface area contributed by atoms with Crippen LogP contribution in [-0.4, -0.2) is 49.3 Å². The molecule has 7 rings (SSSR count). The van der Waals surface area contributed by atoms with Crippen LogP contribution in [0.4, 0.5) is 69.3 Å². The van der Waals surface area contributed by atoms with Crippen LogP contribution in [0.2, 0.25) is 0 Å². The first kappa shape index (κ1) is 41.6. The van der Waals surface area contributed by atoms with Crippen LogP contribution in [-0.2, 0) is 9.47 Å². The molecule has 0 heterocycles. The van der Waals surface area contributed by atoms with Gasteiger partial charge in [0.25, 0.3) is 0 Å². The standard InChI is InChI=1S/C42H27F11N2O5/c43-35(39(45,46)40(47,48)41(49,50)42(51,52)53)36(44)60-22-17-18-33(54-37(56)58-20-31-27-13-5-1-9-23(27)24-10-2-6-14-28(24)31)34(19-22)55-38(57)59-21-32-29-15-7-3-11-25(29)26-12-4-8-16-30(26)32/h1-19,31-32H,20-21H2,(H,54,56)(H,55,57). The van der Waals surface area contributed by atoms with E-state index in [1.807, 2.05) is 72.8 Å². The van der Waals surface area contributed by atoms with Crippen LogP contribution in [0, 0.1) is 0 Å². The molecular weight excluding hydrogens is 821 g/mol. The van der Waals surface area contributed by atoms with Crippen molar-refractivity contribution in [1.82, 2.24) is 0 Å². The zero-order chi connectivity index (χ0) is 43.2. The molecule has 2 N–H and O–H groups in total. The molecule has 60 heavy (non-hydrogen) atoms. The number of fused-ring (bicyclic) bond motifs is 6. The van der Waals surface area contributed by atoms with Crippen LogP contribution in [0.1, 0.15) is 34.1 Å². The molecule has 0 saturated carbocycles. The van der Waals surface area contributed by atoms with Crippen LogP contribution in [0.25, 0.3) is 22.3 Å². The Balaban J connectivity index is 1.13. The highest BCUT2D eigenvalue weighted by Crippen LogP contribution is 2.56. The number of carbonyl (C=O) groups is 2. The molecular formula is C42H27F11N2O5. The summed E-state index contributed by atoms with van der Waals surface area (Å²) in [6, 6.07) is 28.0. The highest BCUT2D eigenvalue weighted by atomic mass is 19.4. The molecule has 0 saturated heterocycles. The number of anilines is 2. The predicted molar refractivity (Wildman–Crippen MR) is 195 cm³/mol. The van der Waals surface area contributed by atoms with Gasteiger partial charge in [-0.05, 0) is 56.6 Å². The Hall–Kier alpha value is -6.59. The Kier molecular flexibility index (Phi) is 10.8. The number of alkyl halides is 9. The van der Waals surface area contributed by atoms with Crippen LogP contribution in [0.3, 0.4) is 0 Å². The Bertz CT molecular complexity index is 2420. The predicted octanol–water partition coefficient (Wildman–Crippen LogP) is 12.4. The Morgan fingerprint density at radius 2 is 0.900 bits per heavy atom. The summed E-state index contributed by atoms with van der Waals surface area (Å²) in [7, 11) is 0. The maximum absolute atomic E-state index is 14.6. The largest absolute Gasteiger partial charge is 0.460 e. The van der Waals surface area contributed by atoms with Gasteiger partial charge in [0.2, 0.25) is 5.83 Å². The number of allylic oxidation sites excluding steroid dienone is 1. The lowest BCUT2D eigenvalue weighted by atomic mass is 9.98. The van der Waals surface area contributed by atoms with Gasteiger partial charge in [-0.15, -0.1) is 0 Å². The van der Waals surface area contributed by atoms with Gasteiger partial charge in [0.05, 0.1) is 11.4 Å². The van der Waals surface area contributed by atoms with Gasteiger partial charge in [0.15, 0.2) is 0 Å². The van der Waals surface area contributed by atoms with Crippen molar-refractivity contribution in [2.75, 3.05) is 23.8 Å². The average molecular weight is 849 g/mol. The lowest BCUT2D eigenvalue weighted by molar-refractivity contribution is -0.392. The second-order valence-corrected chi connectivity index (χ2v) is 13.5. The molecule has 2 amide bonds. The molecule has 0 radical (unpaired) electrons. The molecule has 5 aromatic carbocycles. The number of nitrogens with one attached hydrogen (secondary N) is 2. The van der Waals surface area contributed by atoms with E-state index >= 15 is 0 Å². The van der Waals surface area contributed by atoms with Crippen molar-refractivity contribution in [2.45, 2.75) is 35.8 Å². The van der Waals surface area contributed by atoms with E-state index in [9.17, 15) is 57.9 Å². The zero-order valence-electron chi connectivity index (χ0n) is 30.2. The Morgan fingerprint density at radius 1 is 0.517 bits per heavy atom. The monoisotopic (exact) mass is 848 g/mol. The van der Waals surface area contributed by atoms with Crippen LogP contribution >= 0.6 is 0 Å². The second-order valence-electron chi connectivity index (χ2n) is 13.5. The van der Waals surface area contributed by atoms with E-state index in [1.54, 1.807) is 24.3 Å². The molecule has 5 aromatic rings. The molecule has 312 valence electrons. The molecule has 0 aliphatic heterocycles. The van der Waals surface area contributed by atoms with E-state index in [1.165, 1.54) is 0 Å². The molecule has 2 aliphatic carbocycles. The number of carbonyl (C=O) groups excluding carboxylic acids is 2. The van der Waals surface area contributed by atoms with Crippen molar-refractivity contribution in [3.05, 3.63) is 149 Å². The summed E-state index contributed by atoms with van der Waals surface area (Å²) >= 11 is 0. The maximum Gasteiger partial charge on any atom is 0.460 e. The number of halogens is 11. The van der Waals surface area contributed by atoms with Crippen molar-refractivity contribution >= 4 is 23.6 Å². The molecule has 0 atom stereocenters. The highest BCUT2D eigenvalue weighted by molar-refractivity contribution is 5.96. The fourth-order valence-electron chi connectivity index (χ4n) is 7.07. The van der Waals surface area contributed by atoms with Gasteiger partial charge in [-0.3, -0.25) is 10.6 Å². The third-order valence-corrected chi connectivity index (χ3v) is 9.95. The average Bonchev–Trinajstić information content (AvgIpc) is 3.71. The molecule has 0 bridgehead atoms. The topological polar surface area (TPSA) is 85.9 Å². The number of benzene rings is 5. The fourth-order valence-corrected chi connectivity index (χ4v) is 7.07.